The smallest absolute Gasteiger partial charge is 0.287 e. The Morgan fingerprint density at radius 1 is 1.36 bits per heavy atom. The third kappa shape index (κ3) is 4.20. The SMILES string of the molecule is Cc1nnc([C@H](C)NC(=O)c2ccc(C#CC(C)(C)O)o2)o1. The molecule has 0 aliphatic heterocycles. The number of carbonyl (C=O) groups excluding carboxylic acids is 1. The van der Waals surface area contributed by atoms with E-state index < -0.39 is 17.6 Å². The number of rotatable bonds is 3. The molecule has 0 spiro atoms. The van der Waals surface area contributed by atoms with E-state index in [-0.39, 0.29) is 5.76 Å². The fraction of sp³-hybridized carbons (Fsp3) is 0.400. The molecule has 2 N–H and O–H groups in total. The molecule has 2 rings (SSSR count). The van der Waals surface area contributed by atoms with Gasteiger partial charge in [-0.25, -0.2) is 0 Å². The van der Waals surface area contributed by atoms with Gasteiger partial charge < -0.3 is 19.3 Å². The highest BCUT2D eigenvalue weighted by Crippen LogP contribution is 2.13. The number of aryl methyl sites for hydroxylation is 1. The lowest BCUT2D eigenvalue weighted by molar-refractivity contribution is 0.0905. The first-order valence-electron chi connectivity index (χ1n) is 6.71. The van der Waals surface area contributed by atoms with Gasteiger partial charge in [-0.3, -0.25) is 4.79 Å². The Morgan fingerprint density at radius 3 is 2.68 bits per heavy atom. The average molecular weight is 303 g/mol. The van der Waals surface area contributed by atoms with Crippen LogP contribution in [-0.2, 0) is 0 Å². The summed E-state index contributed by atoms with van der Waals surface area (Å²) < 4.78 is 10.6. The van der Waals surface area contributed by atoms with Gasteiger partial charge in [-0.2, -0.15) is 0 Å². The Bertz CT molecular complexity index is 728. The molecule has 0 saturated carbocycles. The second-order valence-electron chi connectivity index (χ2n) is 5.33. The molecule has 0 bridgehead atoms. The van der Waals surface area contributed by atoms with Crippen LogP contribution >= 0.6 is 0 Å². The first-order chi connectivity index (χ1) is 10.2. The van der Waals surface area contributed by atoms with Gasteiger partial charge in [0.15, 0.2) is 11.5 Å². The fourth-order valence-electron chi connectivity index (χ4n) is 1.56. The van der Waals surface area contributed by atoms with Crippen LogP contribution in [-0.4, -0.2) is 26.8 Å². The molecule has 7 heteroatoms. The van der Waals surface area contributed by atoms with Crippen LogP contribution in [0.3, 0.4) is 0 Å². The van der Waals surface area contributed by atoms with Crippen LogP contribution in [0.5, 0.6) is 0 Å². The first-order valence-corrected chi connectivity index (χ1v) is 6.71. The molecule has 7 nitrogen and oxygen atoms in total. The second kappa shape index (κ2) is 6.03. The monoisotopic (exact) mass is 303 g/mol. The van der Waals surface area contributed by atoms with E-state index in [0.717, 1.165) is 0 Å². The standard InChI is InChI=1S/C15H17N3O4/c1-9(14-18-17-10(2)21-14)16-13(19)12-6-5-11(22-12)7-8-15(3,4)20/h5-6,9,20H,1-4H3,(H,16,19)/t9-/m0/s1. The molecule has 1 atom stereocenters. The van der Waals surface area contributed by atoms with Crippen molar-refractivity contribution in [3.63, 3.8) is 0 Å². The second-order valence-corrected chi connectivity index (χ2v) is 5.33. The van der Waals surface area contributed by atoms with Gasteiger partial charge in [0.2, 0.25) is 11.8 Å². The van der Waals surface area contributed by atoms with Crippen LogP contribution in [0.15, 0.2) is 21.0 Å². The topological polar surface area (TPSA) is 101 Å². The van der Waals surface area contributed by atoms with Crippen molar-refractivity contribution in [1.82, 2.24) is 15.5 Å². The molecule has 2 aromatic heterocycles. The Kier molecular flexibility index (Phi) is 4.33. The van der Waals surface area contributed by atoms with Gasteiger partial charge in [-0.1, -0.05) is 5.92 Å². The normalized spacial score (nSPS) is 12.4. The summed E-state index contributed by atoms with van der Waals surface area (Å²) in [6.07, 6.45) is 0. The molecule has 2 heterocycles. The van der Waals surface area contributed by atoms with Crippen LogP contribution < -0.4 is 5.32 Å². The first kappa shape index (κ1) is 15.8. The van der Waals surface area contributed by atoms with Crippen molar-refractivity contribution < 1.29 is 18.7 Å². The van der Waals surface area contributed by atoms with Crippen LogP contribution in [0.2, 0.25) is 0 Å². The summed E-state index contributed by atoms with van der Waals surface area (Å²) in [4.78, 5) is 12.1. The molecule has 0 radical (unpaired) electrons. The van der Waals surface area contributed by atoms with Crippen molar-refractivity contribution >= 4 is 5.91 Å². The van der Waals surface area contributed by atoms with E-state index in [4.69, 9.17) is 8.83 Å². The van der Waals surface area contributed by atoms with Crippen molar-refractivity contribution in [1.29, 1.82) is 0 Å². The van der Waals surface area contributed by atoms with Crippen molar-refractivity contribution in [3.05, 3.63) is 35.4 Å². The van der Waals surface area contributed by atoms with Gasteiger partial charge in [-0.05, 0) is 38.8 Å². The van der Waals surface area contributed by atoms with Gasteiger partial charge in [0.25, 0.3) is 5.91 Å². The summed E-state index contributed by atoms with van der Waals surface area (Å²) in [5.41, 5.74) is -1.13. The average Bonchev–Trinajstić information content (AvgIpc) is 3.04. The highest BCUT2D eigenvalue weighted by Gasteiger charge is 2.18. The molecule has 0 unspecified atom stereocenters. The van der Waals surface area contributed by atoms with E-state index in [9.17, 15) is 9.90 Å². The summed E-state index contributed by atoms with van der Waals surface area (Å²) in [6, 6.07) is 2.63. The van der Waals surface area contributed by atoms with E-state index >= 15 is 0 Å². The van der Waals surface area contributed by atoms with Crippen molar-refractivity contribution in [2.45, 2.75) is 39.3 Å². The molecule has 0 aliphatic rings. The summed E-state index contributed by atoms with van der Waals surface area (Å²) >= 11 is 0. The third-order valence-electron chi connectivity index (χ3n) is 2.58. The van der Waals surface area contributed by atoms with Crippen molar-refractivity contribution in [2.24, 2.45) is 0 Å². The summed E-state index contributed by atoms with van der Waals surface area (Å²) in [5.74, 6) is 6.01. The lowest BCUT2D eigenvalue weighted by atomic mass is 10.1. The van der Waals surface area contributed by atoms with Gasteiger partial charge >= 0.3 is 0 Å². The van der Waals surface area contributed by atoms with E-state index in [2.05, 4.69) is 27.4 Å². The molecular weight excluding hydrogens is 286 g/mol. The van der Waals surface area contributed by atoms with Crippen LogP contribution in [0.25, 0.3) is 0 Å². The molecule has 0 aromatic carbocycles. The number of carbonyl (C=O) groups is 1. The number of hydrogen-bond donors (Lipinski definition) is 2. The lowest BCUT2D eigenvalue weighted by Gasteiger charge is -2.07. The van der Waals surface area contributed by atoms with Crippen LogP contribution in [0, 0.1) is 18.8 Å². The molecule has 0 aliphatic carbocycles. The van der Waals surface area contributed by atoms with Gasteiger partial charge in [-0.15, -0.1) is 10.2 Å². The fourth-order valence-corrected chi connectivity index (χ4v) is 1.56. The van der Waals surface area contributed by atoms with Crippen LogP contribution in [0.4, 0.5) is 0 Å². The van der Waals surface area contributed by atoms with Gasteiger partial charge in [0.1, 0.15) is 11.6 Å². The van der Waals surface area contributed by atoms with Crippen molar-refractivity contribution in [3.8, 4) is 11.8 Å². The maximum atomic E-state index is 12.1. The highest BCUT2D eigenvalue weighted by atomic mass is 16.4. The molecule has 116 valence electrons. The number of aliphatic hydroxyl groups is 1. The molecule has 0 saturated heterocycles. The van der Waals surface area contributed by atoms with Gasteiger partial charge in [0.05, 0.1) is 0 Å². The minimum atomic E-state index is -1.13. The maximum absolute atomic E-state index is 12.1. The summed E-state index contributed by atoms with van der Waals surface area (Å²) in [5, 5.41) is 19.8. The lowest BCUT2D eigenvalue weighted by Crippen LogP contribution is -2.26. The largest absolute Gasteiger partial charge is 0.443 e. The number of amides is 1. The molecule has 22 heavy (non-hydrogen) atoms. The zero-order chi connectivity index (χ0) is 16.3. The minimum Gasteiger partial charge on any atom is -0.443 e. The summed E-state index contributed by atoms with van der Waals surface area (Å²) in [6.45, 7) is 6.52. The van der Waals surface area contributed by atoms with E-state index in [0.29, 0.717) is 17.5 Å². The predicted molar refractivity (Wildman–Crippen MR) is 76.8 cm³/mol. The Morgan fingerprint density at radius 2 is 2.09 bits per heavy atom. The molecular formula is C15H17N3O4. The number of nitrogens with one attached hydrogen (secondary N) is 1. The van der Waals surface area contributed by atoms with Crippen molar-refractivity contribution in [2.75, 3.05) is 0 Å². The van der Waals surface area contributed by atoms with E-state index in [1.165, 1.54) is 6.07 Å². The Hall–Kier alpha value is -2.59. The molecule has 0 fully saturated rings. The number of nitrogens with zero attached hydrogens (tertiary/aromatic N) is 2. The molecule has 2 aromatic rings. The number of hydrogen-bond acceptors (Lipinski definition) is 6. The van der Waals surface area contributed by atoms with E-state index in [1.54, 1.807) is 33.8 Å². The zero-order valence-corrected chi connectivity index (χ0v) is 12.8. The van der Waals surface area contributed by atoms with E-state index in [1.807, 2.05) is 0 Å². The highest BCUT2D eigenvalue weighted by molar-refractivity contribution is 5.91. The Labute approximate surface area is 127 Å². The predicted octanol–water partition coefficient (Wildman–Crippen LogP) is 1.58. The third-order valence-corrected chi connectivity index (χ3v) is 2.58. The minimum absolute atomic E-state index is 0.114. The summed E-state index contributed by atoms with van der Waals surface area (Å²) in [7, 11) is 0. The maximum Gasteiger partial charge on any atom is 0.287 e. The quantitative estimate of drug-likeness (QED) is 0.835. The molecule has 1 amide bonds. The number of furan rings is 1. The van der Waals surface area contributed by atoms with Gasteiger partial charge in [0, 0.05) is 6.92 Å². The van der Waals surface area contributed by atoms with Crippen LogP contribution in [0.1, 0.15) is 54.9 Å². The Balaban J connectivity index is 2.04. The zero-order valence-electron chi connectivity index (χ0n) is 12.8. The number of aromatic nitrogens is 2.